The summed E-state index contributed by atoms with van der Waals surface area (Å²) < 4.78 is 48.0. The Kier molecular flexibility index (Phi) is 6.34. The van der Waals surface area contributed by atoms with Gasteiger partial charge in [-0.15, -0.1) is 0 Å². The minimum absolute atomic E-state index is 0.0129. The normalized spacial score (nSPS) is 12.4. The zero-order valence-corrected chi connectivity index (χ0v) is 15.3. The molecule has 3 nitrogen and oxygen atoms in total. The van der Waals surface area contributed by atoms with E-state index < -0.39 is 38.6 Å². The molecule has 0 heterocycles. The summed E-state index contributed by atoms with van der Waals surface area (Å²) >= 11 is 0. The molecule has 0 bridgehead atoms. The Morgan fingerprint density at radius 2 is 1.35 bits per heavy atom. The summed E-state index contributed by atoms with van der Waals surface area (Å²) in [6.07, 6.45) is 0. The molecular formula is C15H24BF3O3Si. The van der Waals surface area contributed by atoms with Crippen molar-refractivity contribution in [3.63, 3.8) is 0 Å². The molecule has 2 N–H and O–H groups in total. The van der Waals surface area contributed by atoms with Crippen molar-refractivity contribution in [3.8, 4) is 5.75 Å². The molecule has 0 aliphatic heterocycles. The molecule has 1 rings (SSSR count). The topological polar surface area (TPSA) is 49.7 Å². The van der Waals surface area contributed by atoms with E-state index in [0.717, 1.165) is 0 Å². The van der Waals surface area contributed by atoms with Gasteiger partial charge in [0.15, 0.2) is 11.6 Å². The van der Waals surface area contributed by atoms with Gasteiger partial charge in [-0.2, -0.15) is 4.39 Å². The average Bonchev–Trinajstić information content (AvgIpc) is 2.38. The van der Waals surface area contributed by atoms with Gasteiger partial charge in [-0.25, -0.2) is 8.78 Å². The van der Waals surface area contributed by atoms with Gasteiger partial charge in [-0.1, -0.05) is 41.5 Å². The third-order valence-electron chi connectivity index (χ3n) is 4.66. The van der Waals surface area contributed by atoms with Crippen LogP contribution in [0.2, 0.25) is 16.6 Å². The molecule has 23 heavy (non-hydrogen) atoms. The Morgan fingerprint density at radius 3 is 1.70 bits per heavy atom. The van der Waals surface area contributed by atoms with Crippen LogP contribution in [0.4, 0.5) is 13.2 Å². The van der Waals surface area contributed by atoms with Gasteiger partial charge in [0.05, 0.1) is 0 Å². The van der Waals surface area contributed by atoms with E-state index in [4.69, 9.17) is 10.0 Å². The van der Waals surface area contributed by atoms with Crippen molar-refractivity contribution in [2.24, 2.45) is 0 Å². The van der Waals surface area contributed by atoms with Crippen LogP contribution in [0.3, 0.4) is 0 Å². The maximum atomic E-state index is 14.7. The molecule has 1 aromatic rings. The smallest absolute Gasteiger partial charge is 0.509 e. The maximum Gasteiger partial charge on any atom is 0.707 e. The molecule has 0 saturated carbocycles. The van der Waals surface area contributed by atoms with Crippen LogP contribution in [0, 0.1) is 17.5 Å². The second-order valence-corrected chi connectivity index (χ2v) is 12.5. The van der Waals surface area contributed by atoms with Gasteiger partial charge in [0.1, 0.15) is 19.6 Å². The lowest BCUT2D eigenvalue weighted by Gasteiger charge is -2.43. The summed E-state index contributed by atoms with van der Waals surface area (Å²) in [7, 11) is -5.11. The molecule has 0 atom stereocenters. The van der Waals surface area contributed by atoms with Crippen LogP contribution >= 0.6 is 0 Å². The van der Waals surface area contributed by atoms with Crippen molar-refractivity contribution in [1.29, 1.82) is 0 Å². The van der Waals surface area contributed by atoms with Crippen LogP contribution < -0.4 is 9.84 Å². The molecule has 0 aliphatic rings. The monoisotopic (exact) mass is 348 g/mol. The van der Waals surface area contributed by atoms with Gasteiger partial charge in [-0.3, -0.25) is 0 Å². The van der Waals surface area contributed by atoms with E-state index in [0.29, 0.717) is 6.07 Å². The Morgan fingerprint density at radius 1 is 0.913 bits per heavy atom. The summed E-state index contributed by atoms with van der Waals surface area (Å²) in [6, 6.07) is 0.697. The van der Waals surface area contributed by atoms with Crippen molar-refractivity contribution in [1.82, 2.24) is 0 Å². The Balaban J connectivity index is 3.72. The van der Waals surface area contributed by atoms with E-state index in [1.165, 1.54) is 0 Å². The van der Waals surface area contributed by atoms with Crippen LogP contribution in [0.1, 0.15) is 41.5 Å². The fraction of sp³-hybridized carbons (Fsp3) is 0.600. The number of hydrogen-bond acceptors (Lipinski definition) is 3. The summed E-state index contributed by atoms with van der Waals surface area (Å²) in [6.45, 7) is 11.4. The highest BCUT2D eigenvalue weighted by molar-refractivity contribution is 6.95. The third-order valence-corrected chi connectivity index (χ3v) is 11.7. The van der Waals surface area contributed by atoms with E-state index >= 15 is 0 Å². The zero-order valence-electron chi connectivity index (χ0n) is 14.3. The van der Waals surface area contributed by atoms with Crippen LogP contribution in [-0.4, -0.2) is 25.4 Å². The standard InChI is InChI=1S/C15H24BF3O3Si/c1-8(2)23(9(3)4,10(5)6)15-11(17)7-12(22-16(20)21)13(18)14(15)19/h7-10,20-21H,1-6H3. The second-order valence-electron chi connectivity index (χ2n) is 6.70. The molecule has 0 spiro atoms. The number of rotatable bonds is 6. The fourth-order valence-electron chi connectivity index (χ4n) is 4.04. The molecule has 1 aromatic carbocycles. The van der Waals surface area contributed by atoms with Crippen LogP contribution in [0.15, 0.2) is 6.07 Å². The van der Waals surface area contributed by atoms with Crippen LogP contribution in [0.5, 0.6) is 5.75 Å². The van der Waals surface area contributed by atoms with Crippen LogP contribution in [-0.2, 0) is 0 Å². The molecule has 8 heteroatoms. The minimum atomic E-state index is -2.76. The average molecular weight is 348 g/mol. The summed E-state index contributed by atoms with van der Waals surface area (Å²) in [4.78, 5) is 0. The summed E-state index contributed by atoms with van der Waals surface area (Å²) in [5.41, 5.74) is -0.0386. The highest BCUT2D eigenvalue weighted by Gasteiger charge is 2.48. The van der Waals surface area contributed by atoms with Crippen molar-refractivity contribution < 1.29 is 27.9 Å². The van der Waals surface area contributed by atoms with Crippen molar-refractivity contribution >= 4 is 20.6 Å². The Labute approximate surface area is 136 Å². The maximum absolute atomic E-state index is 14.7. The first kappa shape index (κ1) is 20.1. The fourth-order valence-corrected chi connectivity index (χ4v) is 10.7. The lowest BCUT2D eigenvalue weighted by molar-refractivity contribution is 0.278. The molecule has 0 unspecified atom stereocenters. The van der Waals surface area contributed by atoms with Crippen molar-refractivity contribution in [2.45, 2.75) is 58.2 Å². The number of benzene rings is 1. The molecular weight excluding hydrogens is 324 g/mol. The highest BCUT2D eigenvalue weighted by atomic mass is 28.3. The van der Waals surface area contributed by atoms with Crippen LogP contribution in [0.25, 0.3) is 0 Å². The molecule has 0 fully saturated rings. The van der Waals surface area contributed by atoms with E-state index in [2.05, 4.69) is 4.65 Å². The van der Waals surface area contributed by atoms with E-state index in [-0.39, 0.29) is 21.8 Å². The van der Waals surface area contributed by atoms with E-state index in [1.54, 1.807) is 0 Å². The molecule has 0 aromatic heterocycles. The Bertz CT molecular complexity index is 544. The molecule has 130 valence electrons. The first-order valence-corrected chi connectivity index (χ1v) is 9.91. The first-order chi connectivity index (χ1) is 10.5. The minimum Gasteiger partial charge on any atom is -0.509 e. The van der Waals surface area contributed by atoms with Crippen molar-refractivity contribution in [2.75, 3.05) is 0 Å². The predicted octanol–water partition coefficient (Wildman–Crippen LogP) is 3.34. The Hall–Kier alpha value is -0.988. The number of hydrogen-bond donors (Lipinski definition) is 2. The third kappa shape index (κ3) is 3.44. The predicted molar refractivity (Wildman–Crippen MR) is 87.8 cm³/mol. The first-order valence-electron chi connectivity index (χ1n) is 7.68. The van der Waals surface area contributed by atoms with E-state index in [1.807, 2.05) is 41.5 Å². The largest absolute Gasteiger partial charge is 0.707 e. The SMILES string of the molecule is CC(C)[Si](c1c(F)cc(OB(O)O)c(F)c1F)(C(C)C)C(C)C. The van der Waals surface area contributed by atoms with Gasteiger partial charge in [0.2, 0.25) is 0 Å². The van der Waals surface area contributed by atoms with Gasteiger partial charge in [0.25, 0.3) is 0 Å². The van der Waals surface area contributed by atoms with Gasteiger partial charge < -0.3 is 14.7 Å². The molecule has 0 radical (unpaired) electrons. The molecule has 0 aliphatic carbocycles. The van der Waals surface area contributed by atoms with Gasteiger partial charge in [-0.05, 0) is 16.6 Å². The summed E-state index contributed by atoms with van der Waals surface area (Å²) in [5, 5.41) is 17.3. The second kappa shape index (κ2) is 7.27. The quantitative estimate of drug-likeness (QED) is 0.612. The molecule has 0 saturated heterocycles. The summed E-state index contributed by atoms with van der Waals surface area (Å²) in [5.74, 6) is -4.43. The highest BCUT2D eigenvalue weighted by Crippen LogP contribution is 2.42. The van der Waals surface area contributed by atoms with Gasteiger partial charge >= 0.3 is 7.32 Å². The zero-order chi connectivity index (χ0) is 18.1. The molecule has 0 amide bonds. The lowest BCUT2D eigenvalue weighted by atomic mass is 10.2. The number of halogens is 3. The van der Waals surface area contributed by atoms with Crippen molar-refractivity contribution in [3.05, 3.63) is 23.5 Å². The van der Waals surface area contributed by atoms with E-state index in [9.17, 15) is 13.2 Å². The van der Waals surface area contributed by atoms with Gasteiger partial charge in [0, 0.05) is 11.3 Å². The lowest BCUT2D eigenvalue weighted by Crippen LogP contribution is -2.58.